The Bertz CT molecular complexity index is 301. The molecule has 102 valence electrons. The summed E-state index contributed by atoms with van der Waals surface area (Å²) in [5.41, 5.74) is 0. The Hall–Kier alpha value is -0.610. The first kappa shape index (κ1) is 12.4. The summed E-state index contributed by atoms with van der Waals surface area (Å²) in [4.78, 5) is 17.2. The molecule has 0 aromatic rings. The normalized spacial score (nSPS) is 34.1. The minimum atomic E-state index is 0.244. The number of fused-ring (bicyclic) bond motifs is 1. The van der Waals surface area contributed by atoms with Gasteiger partial charge in [0.2, 0.25) is 5.91 Å². The number of nitrogens with one attached hydrogen (secondary N) is 1. The molecule has 3 saturated heterocycles. The number of carbonyl (C=O) groups is 1. The lowest BCUT2D eigenvalue weighted by Crippen LogP contribution is -2.57. The zero-order valence-corrected chi connectivity index (χ0v) is 11.2. The Kier molecular flexibility index (Phi) is 3.85. The summed E-state index contributed by atoms with van der Waals surface area (Å²) in [5, 5.41) is 3.35. The second-order valence-corrected chi connectivity index (χ2v) is 6.01. The molecule has 3 aliphatic heterocycles. The van der Waals surface area contributed by atoms with E-state index in [1.807, 2.05) is 0 Å². The van der Waals surface area contributed by atoms with Crippen LogP contribution < -0.4 is 5.32 Å². The summed E-state index contributed by atoms with van der Waals surface area (Å²) >= 11 is 0. The first-order valence-electron chi connectivity index (χ1n) is 7.58. The standard InChI is InChI=1S/C14H25N3O/c18-14(12-4-3-6-15-10-12)17-9-8-16-7-2-1-5-13(16)11-17/h12-13,15H,1-11H2/t12-,13?/m1/s1. The molecule has 3 heterocycles. The quantitative estimate of drug-likeness (QED) is 0.744. The number of carbonyl (C=O) groups excluding carboxylic acids is 1. The first-order valence-corrected chi connectivity index (χ1v) is 7.58. The van der Waals surface area contributed by atoms with Gasteiger partial charge < -0.3 is 10.2 Å². The van der Waals surface area contributed by atoms with E-state index < -0.39 is 0 Å². The lowest BCUT2D eigenvalue weighted by molar-refractivity contribution is -0.139. The second kappa shape index (κ2) is 5.57. The van der Waals surface area contributed by atoms with Crippen molar-refractivity contribution >= 4 is 5.91 Å². The van der Waals surface area contributed by atoms with E-state index >= 15 is 0 Å². The van der Waals surface area contributed by atoms with Crippen LogP contribution in [0, 0.1) is 5.92 Å². The molecule has 0 aromatic heterocycles. The highest BCUT2D eigenvalue weighted by molar-refractivity contribution is 5.79. The van der Waals surface area contributed by atoms with Crippen LogP contribution in [0.3, 0.4) is 0 Å². The number of hydrogen-bond donors (Lipinski definition) is 1. The largest absolute Gasteiger partial charge is 0.340 e. The van der Waals surface area contributed by atoms with Crippen molar-refractivity contribution < 1.29 is 4.79 Å². The molecule has 1 amide bonds. The van der Waals surface area contributed by atoms with Crippen LogP contribution in [0.2, 0.25) is 0 Å². The van der Waals surface area contributed by atoms with Crippen molar-refractivity contribution in [2.45, 2.75) is 38.1 Å². The summed E-state index contributed by atoms with van der Waals surface area (Å²) in [7, 11) is 0. The monoisotopic (exact) mass is 251 g/mol. The molecule has 1 N–H and O–H groups in total. The molecule has 0 aromatic carbocycles. The first-order chi connectivity index (χ1) is 8.84. The van der Waals surface area contributed by atoms with Crippen LogP contribution >= 0.6 is 0 Å². The summed E-state index contributed by atoms with van der Waals surface area (Å²) in [5.74, 6) is 0.654. The van der Waals surface area contributed by atoms with Gasteiger partial charge in [0, 0.05) is 32.2 Å². The number of amides is 1. The van der Waals surface area contributed by atoms with Crippen LogP contribution in [0.4, 0.5) is 0 Å². The van der Waals surface area contributed by atoms with Gasteiger partial charge in [-0.15, -0.1) is 0 Å². The van der Waals surface area contributed by atoms with Crippen molar-refractivity contribution in [1.82, 2.24) is 15.1 Å². The minimum Gasteiger partial charge on any atom is -0.340 e. The molecule has 2 atom stereocenters. The maximum absolute atomic E-state index is 12.5. The zero-order chi connectivity index (χ0) is 12.4. The average Bonchev–Trinajstić information content (AvgIpc) is 2.47. The van der Waals surface area contributed by atoms with E-state index in [9.17, 15) is 4.79 Å². The predicted molar refractivity (Wildman–Crippen MR) is 71.4 cm³/mol. The smallest absolute Gasteiger partial charge is 0.227 e. The number of nitrogens with zero attached hydrogens (tertiary/aromatic N) is 2. The van der Waals surface area contributed by atoms with Gasteiger partial charge >= 0.3 is 0 Å². The lowest BCUT2D eigenvalue weighted by Gasteiger charge is -2.45. The van der Waals surface area contributed by atoms with Crippen LogP contribution in [0.25, 0.3) is 0 Å². The highest BCUT2D eigenvalue weighted by Gasteiger charge is 2.33. The van der Waals surface area contributed by atoms with Crippen molar-refractivity contribution in [2.75, 3.05) is 39.3 Å². The van der Waals surface area contributed by atoms with Crippen molar-refractivity contribution in [1.29, 1.82) is 0 Å². The Morgan fingerprint density at radius 3 is 2.83 bits per heavy atom. The highest BCUT2D eigenvalue weighted by Crippen LogP contribution is 2.23. The SMILES string of the molecule is O=C([C@@H]1CCCNC1)N1CCN2CCCCC2C1. The maximum Gasteiger partial charge on any atom is 0.227 e. The van der Waals surface area contributed by atoms with Gasteiger partial charge in [0.1, 0.15) is 0 Å². The predicted octanol–water partition coefficient (Wildman–Crippen LogP) is 0.683. The molecule has 0 radical (unpaired) electrons. The fourth-order valence-corrected chi connectivity index (χ4v) is 3.68. The molecule has 0 bridgehead atoms. The van der Waals surface area contributed by atoms with Gasteiger partial charge in [-0.1, -0.05) is 6.42 Å². The van der Waals surface area contributed by atoms with E-state index in [2.05, 4.69) is 15.1 Å². The number of piperidine rings is 2. The molecular weight excluding hydrogens is 226 g/mol. The number of piperazine rings is 1. The number of hydrogen-bond acceptors (Lipinski definition) is 3. The molecule has 4 nitrogen and oxygen atoms in total. The fourth-order valence-electron chi connectivity index (χ4n) is 3.68. The van der Waals surface area contributed by atoms with E-state index in [1.165, 1.54) is 25.8 Å². The third-order valence-corrected chi connectivity index (χ3v) is 4.80. The fraction of sp³-hybridized carbons (Fsp3) is 0.929. The van der Waals surface area contributed by atoms with Gasteiger partial charge in [0.05, 0.1) is 5.92 Å². The van der Waals surface area contributed by atoms with Crippen LogP contribution in [-0.2, 0) is 4.79 Å². The van der Waals surface area contributed by atoms with Crippen molar-refractivity contribution in [3.8, 4) is 0 Å². The second-order valence-electron chi connectivity index (χ2n) is 6.01. The third kappa shape index (κ3) is 2.54. The van der Waals surface area contributed by atoms with E-state index in [0.29, 0.717) is 11.9 Å². The van der Waals surface area contributed by atoms with Gasteiger partial charge in [-0.2, -0.15) is 0 Å². The van der Waals surface area contributed by atoms with E-state index in [1.54, 1.807) is 0 Å². The van der Waals surface area contributed by atoms with Crippen molar-refractivity contribution in [3.63, 3.8) is 0 Å². The summed E-state index contributed by atoms with van der Waals surface area (Å²) in [6, 6.07) is 0.646. The van der Waals surface area contributed by atoms with Crippen LogP contribution in [0.15, 0.2) is 0 Å². The average molecular weight is 251 g/mol. The topological polar surface area (TPSA) is 35.6 Å². The van der Waals surface area contributed by atoms with Gasteiger partial charge in [-0.05, 0) is 38.8 Å². The molecular formula is C14H25N3O. The lowest BCUT2D eigenvalue weighted by atomic mass is 9.95. The molecule has 3 fully saturated rings. The molecule has 0 saturated carbocycles. The van der Waals surface area contributed by atoms with E-state index in [-0.39, 0.29) is 5.92 Å². The van der Waals surface area contributed by atoms with E-state index in [0.717, 1.165) is 45.6 Å². The summed E-state index contributed by atoms with van der Waals surface area (Å²) < 4.78 is 0. The Labute approximate surface area is 110 Å². The van der Waals surface area contributed by atoms with Gasteiger partial charge in [0.15, 0.2) is 0 Å². The number of rotatable bonds is 1. The maximum atomic E-state index is 12.5. The molecule has 0 spiro atoms. The van der Waals surface area contributed by atoms with Crippen molar-refractivity contribution in [3.05, 3.63) is 0 Å². The Balaban J connectivity index is 1.57. The third-order valence-electron chi connectivity index (χ3n) is 4.80. The van der Waals surface area contributed by atoms with Crippen LogP contribution in [0.1, 0.15) is 32.1 Å². The Morgan fingerprint density at radius 2 is 2.00 bits per heavy atom. The van der Waals surface area contributed by atoms with Gasteiger partial charge in [-0.3, -0.25) is 9.69 Å². The summed E-state index contributed by atoms with van der Waals surface area (Å²) in [6.07, 6.45) is 6.20. The zero-order valence-electron chi connectivity index (χ0n) is 11.2. The van der Waals surface area contributed by atoms with Crippen LogP contribution in [-0.4, -0.2) is 61.0 Å². The van der Waals surface area contributed by atoms with Gasteiger partial charge in [-0.25, -0.2) is 0 Å². The summed E-state index contributed by atoms with van der Waals surface area (Å²) in [6.45, 7) is 6.25. The van der Waals surface area contributed by atoms with Crippen LogP contribution in [0.5, 0.6) is 0 Å². The molecule has 0 aliphatic carbocycles. The molecule has 1 unspecified atom stereocenters. The van der Waals surface area contributed by atoms with Crippen molar-refractivity contribution in [2.24, 2.45) is 5.92 Å². The Morgan fingerprint density at radius 1 is 1.06 bits per heavy atom. The molecule has 3 rings (SSSR count). The van der Waals surface area contributed by atoms with Gasteiger partial charge in [0.25, 0.3) is 0 Å². The molecule has 4 heteroatoms. The molecule has 18 heavy (non-hydrogen) atoms. The van der Waals surface area contributed by atoms with E-state index in [4.69, 9.17) is 0 Å². The minimum absolute atomic E-state index is 0.244. The highest BCUT2D eigenvalue weighted by atomic mass is 16.2. The molecule has 3 aliphatic rings.